The fourth-order valence-electron chi connectivity index (χ4n) is 2.37. The van der Waals surface area contributed by atoms with Crippen molar-refractivity contribution in [3.8, 4) is 0 Å². The van der Waals surface area contributed by atoms with E-state index in [1.165, 1.54) is 23.1 Å². The smallest absolute Gasteiger partial charge is 0.0588 e. The van der Waals surface area contributed by atoms with E-state index in [0.717, 1.165) is 12.3 Å². The molecule has 1 unspecified atom stereocenters. The number of halogens is 1. The van der Waals surface area contributed by atoms with Crippen LogP contribution in [0.1, 0.15) is 88.3 Å². The summed E-state index contributed by atoms with van der Waals surface area (Å²) in [6.07, 6.45) is 2.26. The van der Waals surface area contributed by atoms with E-state index >= 15 is 0 Å². The van der Waals surface area contributed by atoms with Gasteiger partial charge in [0.2, 0.25) is 0 Å². The van der Waals surface area contributed by atoms with E-state index in [1.54, 1.807) is 0 Å². The largest absolute Gasteiger partial charge is 0.118 e. The van der Waals surface area contributed by atoms with Crippen LogP contribution < -0.4 is 0 Å². The zero-order valence-electron chi connectivity index (χ0n) is 13.3. The van der Waals surface area contributed by atoms with Gasteiger partial charge in [0, 0.05) is 0 Å². The summed E-state index contributed by atoms with van der Waals surface area (Å²) in [6, 6.07) is 6.86. The highest BCUT2D eigenvalue weighted by molar-refractivity contribution is 6.20. The van der Waals surface area contributed by atoms with Crippen LogP contribution in [0, 0.1) is 5.92 Å². The number of rotatable bonds is 6. The van der Waals surface area contributed by atoms with Crippen molar-refractivity contribution in [3.63, 3.8) is 0 Å². The van der Waals surface area contributed by atoms with Crippen LogP contribution in [0.5, 0.6) is 0 Å². The van der Waals surface area contributed by atoms with Crippen molar-refractivity contribution in [2.75, 3.05) is 0 Å². The van der Waals surface area contributed by atoms with Crippen molar-refractivity contribution < 1.29 is 0 Å². The third-order valence-corrected chi connectivity index (χ3v) is 4.19. The Morgan fingerprint density at radius 3 is 1.95 bits per heavy atom. The van der Waals surface area contributed by atoms with E-state index in [4.69, 9.17) is 11.6 Å². The second kappa shape index (κ2) is 7.33. The fourth-order valence-corrected chi connectivity index (χ4v) is 2.70. The minimum absolute atomic E-state index is 0.154. The van der Waals surface area contributed by atoms with E-state index in [-0.39, 0.29) is 5.38 Å². The molecule has 0 aliphatic rings. The number of hydrogen-bond donors (Lipinski definition) is 0. The summed E-state index contributed by atoms with van der Waals surface area (Å²) in [6.45, 7) is 13.5. The monoisotopic (exact) mass is 280 g/mol. The zero-order chi connectivity index (χ0) is 14.6. The lowest BCUT2D eigenvalue weighted by Gasteiger charge is -2.20. The predicted molar refractivity (Wildman–Crippen MR) is 87.3 cm³/mol. The third kappa shape index (κ3) is 4.84. The molecule has 0 bridgehead atoms. The molecule has 1 atom stereocenters. The Bertz CT molecular complexity index is 391. The zero-order valence-corrected chi connectivity index (χ0v) is 14.1. The van der Waals surface area contributed by atoms with E-state index in [9.17, 15) is 0 Å². The molecule has 1 aromatic carbocycles. The molecule has 19 heavy (non-hydrogen) atoms. The van der Waals surface area contributed by atoms with Crippen LogP contribution in [0.3, 0.4) is 0 Å². The number of benzene rings is 1. The maximum Gasteiger partial charge on any atom is 0.0588 e. The molecule has 0 nitrogen and oxygen atoms in total. The summed E-state index contributed by atoms with van der Waals surface area (Å²) in [7, 11) is 0. The molecule has 1 aromatic rings. The first-order valence-corrected chi connectivity index (χ1v) is 8.04. The molecule has 0 radical (unpaired) electrons. The van der Waals surface area contributed by atoms with Crippen LogP contribution >= 0.6 is 11.6 Å². The Kier molecular flexibility index (Phi) is 6.39. The Hall–Kier alpha value is -0.490. The van der Waals surface area contributed by atoms with Crippen LogP contribution in [0.2, 0.25) is 0 Å². The van der Waals surface area contributed by atoms with Crippen LogP contribution in [-0.4, -0.2) is 0 Å². The summed E-state index contributed by atoms with van der Waals surface area (Å²) in [5.74, 6) is 1.84. The van der Waals surface area contributed by atoms with Crippen LogP contribution in [0.25, 0.3) is 0 Å². The summed E-state index contributed by atoms with van der Waals surface area (Å²) in [5, 5.41) is 0.154. The summed E-state index contributed by atoms with van der Waals surface area (Å²) in [5.41, 5.74) is 4.18. The van der Waals surface area contributed by atoms with Gasteiger partial charge in [0.05, 0.1) is 5.38 Å². The Balaban J connectivity index is 2.99. The Morgan fingerprint density at radius 1 is 0.842 bits per heavy atom. The second-order valence-corrected chi connectivity index (χ2v) is 7.16. The average Bonchev–Trinajstić information content (AvgIpc) is 2.34. The number of hydrogen-bond acceptors (Lipinski definition) is 0. The lowest BCUT2D eigenvalue weighted by molar-refractivity contribution is 0.547. The van der Waals surface area contributed by atoms with Gasteiger partial charge in [0.1, 0.15) is 0 Å². The third-order valence-electron chi connectivity index (χ3n) is 3.73. The van der Waals surface area contributed by atoms with Gasteiger partial charge in [0.15, 0.2) is 0 Å². The second-order valence-electron chi connectivity index (χ2n) is 6.64. The molecule has 0 aliphatic carbocycles. The highest BCUT2D eigenvalue weighted by Gasteiger charge is 2.16. The Labute approximate surface area is 124 Å². The first kappa shape index (κ1) is 16.6. The van der Waals surface area contributed by atoms with Crippen LogP contribution in [0.15, 0.2) is 18.2 Å². The Morgan fingerprint density at radius 2 is 1.47 bits per heavy atom. The van der Waals surface area contributed by atoms with Gasteiger partial charge in [-0.3, -0.25) is 0 Å². The standard InChI is InChI=1S/C18H29Cl/c1-12(2)7-10-18(19)16-9-8-15(13(3)4)11-17(16)14(5)6/h8-9,11-14,18H,7,10H2,1-6H3. The predicted octanol–water partition coefficient (Wildman–Crippen LogP) is 6.65. The quantitative estimate of drug-likeness (QED) is 0.512. The highest BCUT2D eigenvalue weighted by Crippen LogP contribution is 2.34. The van der Waals surface area contributed by atoms with E-state index < -0.39 is 0 Å². The molecule has 0 saturated carbocycles. The van der Waals surface area contributed by atoms with Crippen LogP contribution in [0.4, 0.5) is 0 Å². The van der Waals surface area contributed by atoms with Gasteiger partial charge >= 0.3 is 0 Å². The van der Waals surface area contributed by atoms with Gasteiger partial charge in [-0.1, -0.05) is 59.7 Å². The van der Waals surface area contributed by atoms with Gasteiger partial charge in [0.25, 0.3) is 0 Å². The average molecular weight is 281 g/mol. The first-order chi connectivity index (χ1) is 8.82. The SMILES string of the molecule is CC(C)CCC(Cl)c1ccc(C(C)C)cc1C(C)C. The molecule has 0 spiro atoms. The summed E-state index contributed by atoms with van der Waals surface area (Å²) >= 11 is 6.63. The minimum Gasteiger partial charge on any atom is -0.118 e. The number of alkyl halides is 1. The molecule has 0 saturated heterocycles. The molecule has 0 heterocycles. The van der Waals surface area contributed by atoms with E-state index in [0.29, 0.717) is 11.8 Å². The molecule has 1 heteroatoms. The molecule has 108 valence electrons. The molecule has 0 aliphatic heterocycles. The molecule has 0 N–H and O–H groups in total. The topological polar surface area (TPSA) is 0 Å². The summed E-state index contributed by atoms with van der Waals surface area (Å²) < 4.78 is 0. The van der Waals surface area contributed by atoms with Gasteiger partial charge in [-0.15, -0.1) is 11.6 Å². The molecule has 0 amide bonds. The molecule has 0 fully saturated rings. The maximum absolute atomic E-state index is 6.63. The van der Waals surface area contributed by atoms with Gasteiger partial charge < -0.3 is 0 Å². The molecular formula is C18H29Cl. The molecular weight excluding hydrogens is 252 g/mol. The van der Waals surface area contributed by atoms with Crippen molar-refractivity contribution in [2.24, 2.45) is 5.92 Å². The fraction of sp³-hybridized carbons (Fsp3) is 0.667. The van der Waals surface area contributed by atoms with E-state index in [2.05, 4.69) is 59.7 Å². The lowest BCUT2D eigenvalue weighted by atomic mass is 9.89. The van der Waals surface area contributed by atoms with Crippen molar-refractivity contribution >= 4 is 11.6 Å². The van der Waals surface area contributed by atoms with Gasteiger partial charge in [-0.2, -0.15) is 0 Å². The molecule has 1 rings (SSSR count). The van der Waals surface area contributed by atoms with Crippen molar-refractivity contribution in [1.82, 2.24) is 0 Å². The van der Waals surface area contributed by atoms with Crippen LogP contribution in [-0.2, 0) is 0 Å². The van der Waals surface area contributed by atoms with Gasteiger partial charge in [-0.05, 0) is 47.3 Å². The summed E-state index contributed by atoms with van der Waals surface area (Å²) in [4.78, 5) is 0. The van der Waals surface area contributed by atoms with Crippen molar-refractivity contribution in [2.45, 2.75) is 71.6 Å². The van der Waals surface area contributed by atoms with Gasteiger partial charge in [-0.25, -0.2) is 0 Å². The molecule has 0 aromatic heterocycles. The lowest BCUT2D eigenvalue weighted by Crippen LogP contribution is -2.03. The maximum atomic E-state index is 6.63. The van der Waals surface area contributed by atoms with E-state index in [1.807, 2.05) is 0 Å². The highest BCUT2D eigenvalue weighted by atomic mass is 35.5. The minimum atomic E-state index is 0.154. The normalized spacial score (nSPS) is 13.6. The first-order valence-electron chi connectivity index (χ1n) is 7.60. The van der Waals surface area contributed by atoms with Crippen molar-refractivity contribution in [3.05, 3.63) is 34.9 Å². The van der Waals surface area contributed by atoms with Crippen molar-refractivity contribution in [1.29, 1.82) is 0 Å².